The molecule has 0 unspecified atom stereocenters. The van der Waals surface area contributed by atoms with Crippen molar-refractivity contribution in [2.45, 2.75) is 5.66 Å². The largest absolute Gasteiger partial charge is 0.298 e. The Morgan fingerprint density at radius 2 is 2.00 bits per heavy atom. The lowest BCUT2D eigenvalue weighted by Gasteiger charge is -2.04. The molecule has 0 aromatic carbocycles. The van der Waals surface area contributed by atoms with Gasteiger partial charge in [-0.15, -0.1) is 0 Å². The second kappa shape index (κ2) is 1.51. The normalized spacial score (nSPS) is 21.6. The molecule has 3 heteroatoms. The minimum atomic E-state index is -1.06. The van der Waals surface area contributed by atoms with Crippen molar-refractivity contribution in [3.05, 3.63) is 6.92 Å². The van der Waals surface area contributed by atoms with Crippen LogP contribution >= 0.6 is 0 Å². The van der Waals surface area contributed by atoms with Gasteiger partial charge in [0.05, 0.1) is 0 Å². The van der Waals surface area contributed by atoms with Gasteiger partial charge in [0.1, 0.15) is 0 Å². The Morgan fingerprint density at radius 1 is 1.50 bits per heavy atom. The molecule has 0 saturated carbocycles. The van der Waals surface area contributed by atoms with Crippen molar-refractivity contribution in [2.24, 2.45) is 9.98 Å². The molecular weight excluding hydrogens is 104 g/mol. The summed E-state index contributed by atoms with van der Waals surface area (Å²) in [5.74, 6) is 0. The van der Waals surface area contributed by atoms with Gasteiger partial charge in [-0.3, -0.25) is 14.8 Å². The van der Waals surface area contributed by atoms with Crippen molar-refractivity contribution >= 4 is 18.7 Å². The van der Waals surface area contributed by atoms with Crippen LogP contribution in [0.1, 0.15) is 0 Å². The summed E-state index contributed by atoms with van der Waals surface area (Å²) in [7, 11) is 0. The maximum Gasteiger partial charge on any atom is 0.205 e. The Morgan fingerprint density at radius 3 is 2.25 bits per heavy atom. The maximum atomic E-state index is 10.0. The number of carbonyl (C=O) groups excluding carboxylic acids is 1. The van der Waals surface area contributed by atoms with Gasteiger partial charge in [-0.05, 0) is 0 Å². The van der Waals surface area contributed by atoms with E-state index in [4.69, 9.17) is 0 Å². The van der Waals surface area contributed by atoms with Crippen molar-refractivity contribution in [3.63, 3.8) is 0 Å². The van der Waals surface area contributed by atoms with Crippen molar-refractivity contribution < 1.29 is 4.79 Å². The number of nitrogens with zero attached hydrogens (tertiary/aromatic N) is 2. The summed E-state index contributed by atoms with van der Waals surface area (Å²) in [5, 5.41) is 0. The Kier molecular flexibility index (Phi) is 0.970. The zero-order chi connectivity index (χ0) is 6.04. The predicted molar refractivity (Wildman–Crippen MR) is 31.1 cm³/mol. The number of aliphatic imine (C=N–C) groups is 2. The molecular formula is C5H5N2O. The summed E-state index contributed by atoms with van der Waals surface area (Å²) in [5.41, 5.74) is -1.06. The van der Waals surface area contributed by atoms with Gasteiger partial charge in [0.2, 0.25) is 5.66 Å². The molecule has 8 heavy (non-hydrogen) atoms. The van der Waals surface area contributed by atoms with E-state index in [9.17, 15) is 4.79 Å². The van der Waals surface area contributed by atoms with E-state index in [1.807, 2.05) is 0 Å². The Balaban J connectivity index is 2.83. The Hall–Kier alpha value is -0.990. The first-order valence-corrected chi connectivity index (χ1v) is 2.17. The minimum Gasteiger partial charge on any atom is -0.298 e. The second-order valence-corrected chi connectivity index (χ2v) is 1.55. The molecule has 1 rings (SSSR count). The van der Waals surface area contributed by atoms with E-state index in [-0.39, 0.29) is 0 Å². The Labute approximate surface area is 47.1 Å². The monoisotopic (exact) mass is 109 g/mol. The van der Waals surface area contributed by atoms with E-state index in [1.54, 1.807) is 0 Å². The van der Waals surface area contributed by atoms with Gasteiger partial charge in [0.25, 0.3) is 0 Å². The lowest BCUT2D eigenvalue weighted by molar-refractivity contribution is -0.110. The zero-order valence-electron chi connectivity index (χ0n) is 4.24. The summed E-state index contributed by atoms with van der Waals surface area (Å²) in [6, 6.07) is 0. The van der Waals surface area contributed by atoms with Crippen molar-refractivity contribution in [2.75, 3.05) is 0 Å². The average molecular weight is 109 g/mol. The molecule has 0 aromatic rings. The van der Waals surface area contributed by atoms with E-state index < -0.39 is 5.66 Å². The molecule has 0 aromatic heterocycles. The minimum absolute atomic E-state index is 0.604. The van der Waals surface area contributed by atoms with Crippen LogP contribution in [0.15, 0.2) is 9.98 Å². The molecule has 0 saturated heterocycles. The third-order valence-corrected chi connectivity index (χ3v) is 0.852. The molecule has 1 aliphatic rings. The zero-order valence-corrected chi connectivity index (χ0v) is 4.24. The molecule has 0 spiro atoms. The van der Waals surface area contributed by atoms with Gasteiger partial charge in [0, 0.05) is 19.4 Å². The van der Waals surface area contributed by atoms with Crippen LogP contribution in [0.3, 0.4) is 0 Å². The van der Waals surface area contributed by atoms with Crippen molar-refractivity contribution in [1.29, 1.82) is 0 Å². The van der Waals surface area contributed by atoms with Crippen LogP contribution in [0.2, 0.25) is 0 Å². The van der Waals surface area contributed by atoms with Crippen LogP contribution in [0.25, 0.3) is 0 Å². The number of hydrogen-bond acceptors (Lipinski definition) is 3. The van der Waals surface area contributed by atoms with E-state index in [1.165, 1.54) is 12.4 Å². The SMILES string of the molecule is [CH2]C1(C=O)N=CC=N1. The quantitative estimate of drug-likeness (QED) is 0.432. The first-order valence-electron chi connectivity index (χ1n) is 2.17. The molecule has 0 aliphatic carbocycles. The molecule has 1 radical (unpaired) electrons. The van der Waals surface area contributed by atoms with Crippen LogP contribution in [0.5, 0.6) is 0 Å². The third-order valence-electron chi connectivity index (χ3n) is 0.852. The fourth-order valence-corrected chi connectivity index (χ4v) is 0.419. The molecule has 0 atom stereocenters. The summed E-state index contributed by atoms with van der Waals surface area (Å²) in [6.07, 6.45) is 3.52. The summed E-state index contributed by atoms with van der Waals surface area (Å²) in [6.45, 7) is 3.42. The molecule has 3 nitrogen and oxygen atoms in total. The fourth-order valence-electron chi connectivity index (χ4n) is 0.419. The van der Waals surface area contributed by atoms with Gasteiger partial charge < -0.3 is 0 Å². The average Bonchev–Trinajstić information content (AvgIpc) is 2.17. The number of carbonyl (C=O) groups is 1. The highest BCUT2D eigenvalue weighted by Gasteiger charge is 2.20. The van der Waals surface area contributed by atoms with Crippen LogP contribution in [0, 0.1) is 6.92 Å². The van der Waals surface area contributed by atoms with E-state index in [0.717, 1.165) is 0 Å². The van der Waals surface area contributed by atoms with Crippen LogP contribution in [-0.4, -0.2) is 24.4 Å². The van der Waals surface area contributed by atoms with Gasteiger partial charge in [-0.25, -0.2) is 0 Å². The topological polar surface area (TPSA) is 41.8 Å². The smallest absolute Gasteiger partial charge is 0.205 e. The van der Waals surface area contributed by atoms with Crippen LogP contribution < -0.4 is 0 Å². The lowest BCUT2D eigenvalue weighted by atomic mass is 10.3. The summed E-state index contributed by atoms with van der Waals surface area (Å²) < 4.78 is 0. The van der Waals surface area contributed by atoms with E-state index in [2.05, 4.69) is 16.9 Å². The van der Waals surface area contributed by atoms with Crippen molar-refractivity contribution in [3.8, 4) is 0 Å². The molecule has 1 heterocycles. The highest BCUT2D eigenvalue weighted by molar-refractivity contribution is 6.18. The van der Waals surface area contributed by atoms with Crippen molar-refractivity contribution in [1.82, 2.24) is 0 Å². The van der Waals surface area contributed by atoms with E-state index in [0.29, 0.717) is 6.29 Å². The maximum absolute atomic E-state index is 10.0. The molecule has 41 valence electrons. The third kappa shape index (κ3) is 0.665. The molecule has 0 amide bonds. The van der Waals surface area contributed by atoms with Gasteiger partial charge in [-0.2, -0.15) is 0 Å². The number of aldehydes is 1. The molecule has 0 fully saturated rings. The highest BCUT2D eigenvalue weighted by Crippen LogP contribution is 2.08. The fraction of sp³-hybridized carbons (Fsp3) is 0.200. The standard InChI is InChI=1S/C5H5N2O/c1-5(4-8)6-2-3-7-5/h2-4H,1H2. The van der Waals surface area contributed by atoms with Gasteiger partial charge in [0.15, 0.2) is 6.29 Å². The first kappa shape index (κ1) is 5.15. The van der Waals surface area contributed by atoms with Crippen LogP contribution in [-0.2, 0) is 4.79 Å². The molecule has 1 aliphatic heterocycles. The lowest BCUT2D eigenvalue weighted by Crippen LogP contribution is -2.17. The highest BCUT2D eigenvalue weighted by atomic mass is 16.1. The van der Waals surface area contributed by atoms with Gasteiger partial charge in [-0.1, -0.05) is 0 Å². The van der Waals surface area contributed by atoms with E-state index >= 15 is 0 Å². The number of rotatable bonds is 1. The van der Waals surface area contributed by atoms with Crippen LogP contribution in [0.4, 0.5) is 0 Å². The summed E-state index contributed by atoms with van der Waals surface area (Å²) >= 11 is 0. The first-order chi connectivity index (χ1) is 3.77. The van der Waals surface area contributed by atoms with Gasteiger partial charge >= 0.3 is 0 Å². The molecule has 0 N–H and O–H groups in total. The predicted octanol–water partition coefficient (Wildman–Crippen LogP) is -0.129. The number of hydrogen-bond donors (Lipinski definition) is 0. The second-order valence-electron chi connectivity index (χ2n) is 1.55. The summed E-state index contributed by atoms with van der Waals surface area (Å²) in [4.78, 5) is 17.4. The Bertz CT molecular complexity index is 148. The molecule has 0 bridgehead atoms.